The van der Waals surface area contributed by atoms with Crippen LogP contribution in [0.3, 0.4) is 0 Å². The zero-order valence-corrected chi connectivity index (χ0v) is 11.2. The molecule has 0 aromatic carbocycles. The van der Waals surface area contributed by atoms with Gasteiger partial charge in [-0.25, -0.2) is 4.98 Å². The molecule has 0 spiro atoms. The topological polar surface area (TPSA) is 45.2 Å². The maximum atomic E-state index is 12.3. The number of pyridine rings is 1. The summed E-state index contributed by atoms with van der Waals surface area (Å²) >= 11 is 0. The number of carbonyl (C=O) groups is 1. The number of nitrogens with one attached hydrogen (secondary N) is 1. The van der Waals surface area contributed by atoms with Crippen LogP contribution in [0.15, 0.2) is 12.1 Å². The van der Waals surface area contributed by atoms with Gasteiger partial charge in [0.25, 0.3) is 5.91 Å². The van der Waals surface area contributed by atoms with Crippen molar-refractivity contribution in [2.45, 2.75) is 33.1 Å². The molecule has 1 aliphatic rings. The highest BCUT2D eigenvalue weighted by Crippen LogP contribution is 2.16. The third-order valence-corrected chi connectivity index (χ3v) is 3.15. The Hall–Kier alpha value is -1.58. The summed E-state index contributed by atoms with van der Waals surface area (Å²) in [5.74, 6) is 0.942. The van der Waals surface area contributed by atoms with Gasteiger partial charge in [-0.1, -0.05) is 6.92 Å². The zero-order valence-electron chi connectivity index (χ0n) is 11.2. The molecular weight excluding hydrogens is 226 g/mol. The number of aryl methyl sites for hydroxylation is 1. The van der Waals surface area contributed by atoms with Gasteiger partial charge in [0.05, 0.1) is 0 Å². The Bertz CT molecular complexity index is 425. The second-order valence-electron chi connectivity index (χ2n) is 4.81. The molecule has 1 aromatic heterocycles. The Morgan fingerprint density at radius 2 is 2.11 bits per heavy atom. The molecule has 1 saturated heterocycles. The number of hydrogen-bond acceptors (Lipinski definition) is 3. The summed E-state index contributed by atoms with van der Waals surface area (Å²) in [6.45, 7) is 6.70. The van der Waals surface area contributed by atoms with Crippen LogP contribution < -0.4 is 5.32 Å². The first-order chi connectivity index (χ1) is 8.70. The Labute approximate surface area is 108 Å². The van der Waals surface area contributed by atoms with Gasteiger partial charge < -0.3 is 10.2 Å². The lowest BCUT2D eigenvalue weighted by Crippen LogP contribution is -2.27. The van der Waals surface area contributed by atoms with Gasteiger partial charge in [-0.2, -0.15) is 0 Å². The molecule has 0 bridgehead atoms. The molecule has 1 aromatic rings. The third-order valence-electron chi connectivity index (χ3n) is 3.15. The van der Waals surface area contributed by atoms with Gasteiger partial charge in [0.2, 0.25) is 0 Å². The highest BCUT2D eigenvalue weighted by atomic mass is 16.2. The molecule has 1 N–H and O–H groups in total. The van der Waals surface area contributed by atoms with E-state index in [-0.39, 0.29) is 5.91 Å². The average molecular weight is 247 g/mol. The fourth-order valence-corrected chi connectivity index (χ4v) is 2.24. The number of hydrogen-bond donors (Lipinski definition) is 1. The van der Waals surface area contributed by atoms with E-state index < -0.39 is 0 Å². The third kappa shape index (κ3) is 3.00. The van der Waals surface area contributed by atoms with E-state index in [0.717, 1.165) is 56.0 Å². The lowest BCUT2D eigenvalue weighted by molar-refractivity contribution is 0.0792. The Balaban J connectivity index is 2.15. The quantitative estimate of drug-likeness (QED) is 0.889. The van der Waals surface area contributed by atoms with Crippen LogP contribution in [0.1, 0.15) is 42.2 Å². The fraction of sp³-hybridized carbons (Fsp3) is 0.571. The fourth-order valence-electron chi connectivity index (χ4n) is 2.24. The van der Waals surface area contributed by atoms with Crippen LogP contribution in [-0.4, -0.2) is 35.4 Å². The number of aromatic nitrogens is 1. The molecule has 0 atom stereocenters. The summed E-state index contributed by atoms with van der Waals surface area (Å²) in [6, 6.07) is 3.74. The molecule has 1 aliphatic heterocycles. The Morgan fingerprint density at radius 1 is 1.39 bits per heavy atom. The Morgan fingerprint density at radius 3 is 2.78 bits per heavy atom. The second-order valence-corrected chi connectivity index (χ2v) is 4.81. The van der Waals surface area contributed by atoms with Crippen LogP contribution in [0, 0.1) is 6.92 Å². The van der Waals surface area contributed by atoms with Crippen LogP contribution in [0.4, 0.5) is 5.82 Å². The van der Waals surface area contributed by atoms with Crippen LogP contribution in [0.5, 0.6) is 0 Å². The van der Waals surface area contributed by atoms with Gasteiger partial charge >= 0.3 is 0 Å². The summed E-state index contributed by atoms with van der Waals surface area (Å²) in [7, 11) is 0. The predicted octanol–water partition coefficient (Wildman–Crippen LogP) is 2.45. The van der Waals surface area contributed by atoms with Gasteiger partial charge in [0, 0.05) is 30.9 Å². The number of nitrogens with zero attached hydrogens (tertiary/aromatic N) is 2. The molecule has 0 aliphatic carbocycles. The smallest absolute Gasteiger partial charge is 0.254 e. The van der Waals surface area contributed by atoms with Gasteiger partial charge in [0.1, 0.15) is 5.82 Å². The number of carbonyl (C=O) groups excluding carboxylic acids is 1. The normalized spacial score (nSPS) is 14.9. The van der Waals surface area contributed by atoms with Crippen LogP contribution in [0.2, 0.25) is 0 Å². The van der Waals surface area contributed by atoms with Crippen molar-refractivity contribution in [3.63, 3.8) is 0 Å². The highest BCUT2D eigenvalue weighted by Gasteiger charge is 2.20. The summed E-state index contributed by atoms with van der Waals surface area (Å²) < 4.78 is 0. The molecule has 1 fully saturated rings. The molecule has 4 heteroatoms. The molecule has 18 heavy (non-hydrogen) atoms. The average Bonchev–Trinajstić information content (AvgIpc) is 2.88. The molecule has 98 valence electrons. The summed E-state index contributed by atoms with van der Waals surface area (Å²) in [4.78, 5) is 18.6. The van der Waals surface area contributed by atoms with Gasteiger partial charge in [-0.15, -0.1) is 0 Å². The lowest BCUT2D eigenvalue weighted by Gasteiger charge is -2.16. The van der Waals surface area contributed by atoms with Crippen molar-refractivity contribution >= 4 is 11.7 Å². The highest BCUT2D eigenvalue weighted by molar-refractivity contribution is 5.95. The maximum absolute atomic E-state index is 12.3. The minimum atomic E-state index is 0.137. The van der Waals surface area contributed by atoms with E-state index in [1.54, 1.807) is 0 Å². The van der Waals surface area contributed by atoms with Crippen molar-refractivity contribution in [3.05, 3.63) is 23.4 Å². The van der Waals surface area contributed by atoms with Gasteiger partial charge in [0.15, 0.2) is 0 Å². The predicted molar refractivity (Wildman–Crippen MR) is 72.9 cm³/mol. The van der Waals surface area contributed by atoms with Crippen LogP contribution >= 0.6 is 0 Å². The molecule has 2 heterocycles. The van der Waals surface area contributed by atoms with E-state index in [9.17, 15) is 4.79 Å². The van der Waals surface area contributed by atoms with E-state index >= 15 is 0 Å². The minimum absolute atomic E-state index is 0.137. The van der Waals surface area contributed by atoms with Gasteiger partial charge in [-0.3, -0.25) is 4.79 Å². The van der Waals surface area contributed by atoms with Crippen LogP contribution in [0.25, 0.3) is 0 Å². The zero-order chi connectivity index (χ0) is 13.0. The van der Waals surface area contributed by atoms with Gasteiger partial charge in [-0.05, 0) is 38.3 Å². The lowest BCUT2D eigenvalue weighted by atomic mass is 10.2. The molecule has 4 nitrogen and oxygen atoms in total. The van der Waals surface area contributed by atoms with E-state index in [4.69, 9.17) is 0 Å². The number of anilines is 1. The summed E-state index contributed by atoms with van der Waals surface area (Å²) in [5, 5.41) is 3.24. The van der Waals surface area contributed by atoms with Crippen molar-refractivity contribution in [2.24, 2.45) is 0 Å². The van der Waals surface area contributed by atoms with Crippen molar-refractivity contribution in [1.82, 2.24) is 9.88 Å². The molecule has 0 radical (unpaired) electrons. The standard InChI is InChI=1S/C14H21N3O/c1-3-6-15-13-10-12(9-11(2)16-13)14(18)17-7-4-5-8-17/h9-10H,3-8H2,1-2H3,(H,15,16). The molecule has 2 rings (SSSR count). The number of likely N-dealkylation sites (tertiary alicyclic amines) is 1. The number of amides is 1. The largest absolute Gasteiger partial charge is 0.370 e. The van der Waals surface area contributed by atoms with E-state index in [1.165, 1.54) is 0 Å². The van der Waals surface area contributed by atoms with E-state index in [2.05, 4.69) is 17.2 Å². The summed E-state index contributed by atoms with van der Waals surface area (Å²) in [6.07, 6.45) is 3.29. The number of rotatable bonds is 4. The Kier molecular flexibility index (Phi) is 4.18. The monoisotopic (exact) mass is 247 g/mol. The van der Waals surface area contributed by atoms with Crippen molar-refractivity contribution in [1.29, 1.82) is 0 Å². The minimum Gasteiger partial charge on any atom is -0.370 e. The van der Waals surface area contributed by atoms with E-state index in [0.29, 0.717) is 0 Å². The maximum Gasteiger partial charge on any atom is 0.254 e. The second kappa shape index (κ2) is 5.85. The van der Waals surface area contributed by atoms with Crippen molar-refractivity contribution < 1.29 is 4.79 Å². The molecule has 0 unspecified atom stereocenters. The first-order valence-corrected chi connectivity index (χ1v) is 6.72. The molecular formula is C14H21N3O. The SMILES string of the molecule is CCCNc1cc(C(=O)N2CCCC2)cc(C)n1. The van der Waals surface area contributed by atoms with Crippen LogP contribution in [-0.2, 0) is 0 Å². The first kappa shape index (κ1) is 12.9. The van der Waals surface area contributed by atoms with E-state index in [1.807, 2.05) is 24.0 Å². The van der Waals surface area contributed by atoms with Crippen molar-refractivity contribution in [2.75, 3.05) is 25.0 Å². The van der Waals surface area contributed by atoms with Crippen molar-refractivity contribution in [3.8, 4) is 0 Å². The summed E-state index contributed by atoms with van der Waals surface area (Å²) in [5.41, 5.74) is 1.64. The molecule has 0 saturated carbocycles. The first-order valence-electron chi connectivity index (χ1n) is 6.72. The molecule has 1 amide bonds.